The predicted octanol–water partition coefficient (Wildman–Crippen LogP) is 4.36. The first-order chi connectivity index (χ1) is 15.1. The van der Waals surface area contributed by atoms with Gasteiger partial charge in [-0.05, 0) is 55.5 Å². The van der Waals surface area contributed by atoms with Gasteiger partial charge in [-0.3, -0.25) is 14.2 Å². The molecule has 0 spiro atoms. The molecule has 0 radical (unpaired) electrons. The van der Waals surface area contributed by atoms with E-state index in [0.717, 1.165) is 11.2 Å². The van der Waals surface area contributed by atoms with Gasteiger partial charge in [0.05, 0.1) is 18.6 Å². The fraction of sp³-hybridized carbons (Fsp3) is 0.130. The second-order valence-corrected chi connectivity index (χ2v) is 7.66. The van der Waals surface area contributed by atoms with Gasteiger partial charge in [-0.1, -0.05) is 23.9 Å². The Bertz CT molecular complexity index is 1250. The molecule has 1 amide bonds. The molecular formula is C23H20N4O3S. The maximum absolute atomic E-state index is 12.5. The molecule has 0 aliphatic carbocycles. The van der Waals surface area contributed by atoms with Gasteiger partial charge in [0.15, 0.2) is 16.6 Å². The molecule has 0 saturated heterocycles. The number of anilines is 1. The van der Waals surface area contributed by atoms with Crippen LogP contribution in [0, 0.1) is 0 Å². The lowest BCUT2D eigenvalue weighted by Crippen LogP contribution is -2.14. The molecule has 4 rings (SSSR count). The summed E-state index contributed by atoms with van der Waals surface area (Å²) >= 11 is 1.31. The number of rotatable bonds is 7. The molecule has 4 aromatic rings. The average molecular weight is 433 g/mol. The smallest absolute Gasteiger partial charge is 0.234 e. The van der Waals surface area contributed by atoms with Gasteiger partial charge >= 0.3 is 0 Å². The SMILES string of the molecule is COc1ccccc1-n1c(SCC(=O)Nc2ccc(C(C)=O)cc2)nc2cccnc21. The van der Waals surface area contributed by atoms with Crippen LogP contribution < -0.4 is 10.1 Å². The van der Waals surface area contributed by atoms with Crippen LogP contribution >= 0.6 is 11.8 Å². The lowest BCUT2D eigenvalue weighted by molar-refractivity contribution is -0.113. The number of pyridine rings is 1. The Morgan fingerprint density at radius 2 is 1.84 bits per heavy atom. The zero-order valence-electron chi connectivity index (χ0n) is 17.0. The number of benzene rings is 2. The molecule has 2 aromatic carbocycles. The van der Waals surface area contributed by atoms with E-state index in [0.29, 0.717) is 27.8 Å². The minimum atomic E-state index is -0.174. The zero-order chi connectivity index (χ0) is 21.8. The van der Waals surface area contributed by atoms with E-state index < -0.39 is 0 Å². The highest BCUT2D eigenvalue weighted by Gasteiger charge is 2.18. The summed E-state index contributed by atoms with van der Waals surface area (Å²) in [6, 6.07) is 18.1. The number of carbonyl (C=O) groups excluding carboxylic acids is 2. The van der Waals surface area contributed by atoms with Crippen LogP contribution in [-0.4, -0.2) is 39.1 Å². The quantitative estimate of drug-likeness (QED) is 0.345. The first kappa shape index (κ1) is 20.6. The molecule has 2 heterocycles. The summed E-state index contributed by atoms with van der Waals surface area (Å²) in [4.78, 5) is 33.0. The highest BCUT2D eigenvalue weighted by Crippen LogP contribution is 2.31. The molecule has 0 saturated carbocycles. The Balaban J connectivity index is 1.57. The second-order valence-electron chi connectivity index (χ2n) is 6.72. The third kappa shape index (κ3) is 4.44. The number of hydrogen-bond donors (Lipinski definition) is 1. The molecule has 0 fully saturated rings. The first-order valence-corrected chi connectivity index (χ1v) is 10.6. The van der Waals surface area contributed by atoms with Gasteiger partial charge in [-0.2, -0.15) is 0 Å². The number of ketones is 1. The van der Waals surface area contributed by atoms with E-state index in [1.165, 1.54) is 18.7 Å². The van der Waals surface area contributed by atoms with E-state index in [1.54, 1.807) is 37.6 Å². The van der Waals surface area contributed by atoms with Crippen LogP contribution in [0.5, 0.6) is 5.75 Å². The summed E-state index contributed by atoms with van der Waals surface area (Å²) in [5.41, 5.74) is 3.46. The number of para-hydroxylation sites is 2. The summed E-state index contributed by atoms with van der Waals surface area (Å²) in [5.74, 6) is 0.654. The van der Waals surface area contributed by atoms with Crippen molar-refractivity contribution in [2.24, 2.45) is 0 Å². The third-order valence-electron chi connectivity index (χ3n) is 4.62. The van der Waals surface area contributed by atoms with Crippen LogP contribution in [0.15, 0.2) is 72.0 Å². The van der Waals surface area contributed by atoms with Crippen LogP contribution in [-0.2, 0) is 4.79 Å². The Hall–Kier alpha value is -3.65. The lowest BCUT2D eigenvalue weighted by atomic mass is 10.1. The number of nitrogens with zero attached hydrogens (tertiary/aromatic N) is 3. The first-order valence-electron chi connectivity index (χ1n) is 9.57. The molecule has 0 unspecified atom stereocenters. The largest absolute Gasteiger partial charge is 0.495 e. The fourth-order valence-electron chi connectivity index (χ4n) is 3.14. The van der Waals surface area contributed by atoms with Gasteiger partial charge in [0.2, 0.25) is 5.91 Å². The Kier molecular flexibility index (Phi) is 5.99. The lowest BCUT2D eigenvalue weighted by Gasteiger charge is -2.12. The average Bonchev–Trinajstić information content (AvgIpc) is 3.16. The van der Waals surface area contributed by atoms with E-state index in [9.17, 15) is 9.59 Å². The number of ether oxygens (including phenoxy) is 1. The van der Waals surface area contributed by atoms with Crippen molar-refractivity contribution in [1.82, 2.24) is 14.5 Å². The van der Waals surface area contributed by atoms with Crippen LogP contribution in [0.4, 0.5) is 5.69 Å². The van der Waals surface area contributed by atoms with Gasteiger partial charge in [0.1, 0.15) is 11.3 Å². The maximum Gasteiger partial charge on any atom is 0.234 e. The number of Topliss-reactive ketones (excluding diaryl/α,β-unsaturated/α-hetero) is 1. The molecule has 0 aliphatic heterocycles. The number of carbonyl (C=O) groups is 2. The summed E-state index contributed by atoms with van der Waals surface area (Å²) in [5, 5.41) is 3.48. The van der Waals surface area contributed by atoms with Crippen molar-refractivity contribution in [2.45, 2.75) is 12.1 Å². The molecule has 156 valence electrons. The Labute approximate surface area is 183 Å². The minimum absolute atomic E-state index is 0.0164. The standard InChI is InChI=1S/C23H20N4O3S/c1-15(28)16-9-11-17(12-10-16)25-21(29)14-31-23-26-18-6-5-13-24-22(18)27(23)19-7-3-4-8-20(19)30-2/h3-13H,14H2,1-2H3,(H,25,29). The number of aromatic nitrogens is 3. The molecular weight excluding hydrogens is 412 g/mol. The molecule has 1 N–H and O–H groups in total. The van der Waals surface area contributed by atoms with Crippen LogP contribution in [0.2, 0.25) is 0 Å². The molecule has 0 aliphatic rings. The van der Waals surface area contributed by atoms with Crippen LogP contribution in [0.25, 0.3) is 16.9 Å². The summed E-state index contributed by atoms with van der Waals surface area (Å²) in [7, 11) is 1.61. The summed E-state index contributed by atoms with van der Waals surface area (Å²) in [6.07, 6.45) is 1.71. The second kappa shape index (κ2) is 9.01. The molecule has 0 bridgehead atoms. The van der Waals surface area contributed by atoms with Crippen molar-refractivity contribution in [1.29, 1.82) is 0 Å². The van der Waals surface area contributed by atoms with Crippen molar-refractivity contribution in [3.8, 4) is 11.4 Å². The number of methoxy groups -OCH3 is 1. The van der Waals surface area contributed by atoms with E-state index in [-0.39, 0.29) is 17.4 Å². The number of fused-ring (bicyclic) bond motifs is 1. The summed E-state index contributed by atoms with van der Waals surface area (Å²) < 4.78 is 7.41. The van der Waals surface area contributed by atoms with Gasteiger partial charge in [-0.15, -0.1) is 0 Å². The number of nitrogens with one attached hydrogen (secondary N) is 1. The number of thioether (sulfide) groups is 1. The van der Waals surface area contributed by atoms with Crippen LogP contribution in [0.3, 0.4) is 0 Å². The van der Waals surface area contributed by atoms with Crippen LogP contribution in [0.1, 0.15) is 17.3 Å². The van der Waals surface area contributed by atoms with Gasteiger partial charge in [0, 0.05) is 17.4 Å². The predicted molar refractivity (Wildman–Crippen MR) is 121 cm³/mol. The topological polar surface area (TPSA) is 86.1 Å². The molecule has 31 heavy (non-hydrogen) atoms. The van der Waals surface area contributed by atoms with Crippen molar-refractivity contribution in [2.75, 3.05) is 18.2 Å². The molecule has 2 aromatic heterocycles. The third-order valence-corrected chi connectivity index (χ3v) is 5.56. The fourth-order valence-corrected chi connectivity index (χ4v) is 3.94. The highest BCUT2D eigenvalue weighted by atomic mass is 32.2. The van der Waals surface area contributed by atoms with Crippen molar-refractivity contribution in [3.05, 3.63) is 72.4 Å². The maximum atomic E-state index is 12.5. The normalized spacial score (nSPS) is 10.8. The van der Waals surface area contributed by atoms with E-state index in [2.05, 4.69) is 15.3 Å². The van der Waals surface area contributed by atoms with Gasteiger partial charge in [-0.25, -0.2) is 9.97 Å². The molecule has 7 nitrogen and oxygen atoms in total. The minimum Gasteiger partial charge on any atom is -0.495 e. The number of amides is 1. The van der Waals surface area contributed by atoms with Crippen molar-refractivity contribution >= 4 is 40.3 Å². The number of imidazole rings is 1. The van der Waals surface area contributed by atoms with E-state index >= 15 is 0 Å². The van der Waals surface area contributed by atoms with Crippen molar-refractivity contribution in [3.63, 3.8) is 0 Å². The van der Waals surface area contributed by atoms with Gasteiger partial charge < -0.3 is 10.1 Å². The number of hydrogen-bond acceptors (Lipinski definition) is 6. The monoisotopic (exact) mass is 432 g/mol. The van der Waals surface area contributed by atoms with Crippen molar-refractivity contribution < 1.29 is 14.3 Å². The molecule has 8 heteroatoms. The van der Waals surface area contributed by atoms with Gasteiger partial charge in [0.25, 0.3) is 0 Å². The Morgan fingerprint density at radius 3 is 2.58 bits per heavy atom. The summed E-state index contributed by atoms with van der Waals surface area (Å²) in [6.45, 7) is 1.51. The molecule has 0 atom stereocenters. The van der Waals surface area contributed by atoms with E-state index in [4.69, 9.17) is 4.74 Å². The Morgan fingerprint density at radius 1 is 1.06 bits per heavy atom. The highest BCUT2D eigenvalue weighted by molar-refractivity contribution is 7.99. The van der Waals surface area contributed by atoms with E-state index in [1.807, 2.05) is 41.0 Å². The zero-order valence-corrected chi connectivity index (χ0v) is 17.8.